The quantitative estimate of drug-likeness (QED) is 0.594. The summed E-state index contributed by atoms with van der Waals surface area (Å²) in [5.74, 6) is -0.674. The van der Waals surface area contributed by atoms with E-state index in [0.29, 0.717) is 12.2 Å². The Morgan fingerprint density at radius 1 is 1.28 bits per heavy atom. The van der Waals surface area contributed by atoms with Crippen molar-refractivity contribution in [3.8, 4) is 0 Å². The molecule has 100 valence electrons. The van der Waals surface area contributed by atoms with Crippen LogP contribution in [0.5, 0.6) is 0 Å². The van der Waals surface area contributed by atoms with Gasteiger partial charge in [-0.25, -0.2) is 4.79 Å². The topological polar surface area (TPSA) is 55.8 Å². The Bertz CT molecular complexity index is 363. The number of hydrogen-bond acceptors (Lipinski definition) is 4. The van der Waals surface area contributed by atoms with Crippen molar-refractivity contribution in [2.45, 2.75) is 25.9 Å². The second-order valence-corrected chi connectivity index (χ2v) is 4.00. The van der Waals surface area contributed by atoms with Crippen LogP contribution < -0.4 is 0 Å². The molecule has 0 fully saturated rings. The number of carbonyl (C=O) groups is 1. The molecule has 0 amide bonds. The number of hydrogen-bond donors (Lipinski definition) is 1. The highest BCUT2D eigenvalue weighted by molar-refractivity contribution is 5.81. The second-order valence-electron chi connectivity index (χ2n) is 4.00. The molecule has 0 bridgehead atoms. The third kappa shape index (κ3) is 3.55. The van der Waals surface area contributed by atoms with Gasteiger partial charge < -0.3 is 14.6 Å². The first kappa shape index (κ1) is 14.7. The predicted molar refractivity (Wildman–Crippen MR) is 68.1 cm³/mol. The van der Waals surface area contributed by atoms with E-state index >= 15 is 0 Å². The Hall–Kier alpha value is -1.39. The van der Waals surface area contributed by atoms with Crippen molar-refractivity contribution in [1.29, 1.82) is 0 Å². The highest BCUT2D eigenvalue weighted by Gasteiger charge is 2.39. The van der Waals surface area contributed by atoms with E-state index in [2.05, 4.69) is 0 Å². The molecular formula is C14H20O4. The largest absolute Gasteiger partial charge is 0.464 e. The van der Waals surface area contributed by atoms with E-state index in [9.17, 15) is 9.90 Å². The molecule has 0 aromatic heterocycles. The molecule has 0 aliphatic carbocycles. The van der Waals surface area contributed by atoms with Crippen LogP contribution in [0.1, 0.15) is 25.8 Å². The standard InChI is InChI=1S/C14H20O4/c1-3-10-17-11-14(16,13(15)18-4-2)12-8-6-5-7-9-12/h5-9,16H,3-4,10-11H2,1-2H3/t14-/m0/s1. The maximum Gasteiger partial charge on any atom is 0.345 e. The minimum atomic E-state index is -1.73. The predicted octanol–water partition coefficient (Wildman–Crippen LogP) is 1.86. The fraction of sp³-hybridized carbons (Fsp3) is 0.500. The Morgan fingerprint density at radius 3 is 2.50 bits per heavy atom. The average Bonchev–Trinajstić information content (AvgIpc) is 2.40. The third-order valence-electron chi connectivity index (χ3n) is 2.52. The average molecular weight is 252 g/mol. The van der Waals surface area contributed by atoms with Crippen LogP contribution in [0.3, 0.4) is 0 Å². The Morgan fingerprint density at radius 2 is 1.94 bits per heavy atom. The molecule has 0 radical (unpaired) electrons. The van der Waals surface area contributed by atoms with Gasteiger partial charge in [0.25, 0.3) is 0 Å². The van der Waals surface area contributed by atoms with Crippen molar-refractivity contribution in [2.75, 3.05) is 19.8 Å². The first-order valence-corrected chi connectivity index (χ1v) is 6.18. The van der Waals surface area contributed by atoms with Crippen LogP contribution in [0.25, 0.3) is 0 Å². The maximum absolute atomic E-state index is 11.9. The molecule has 0 heterocycles. The number of aliphatic hydroxyl groups is 1. The van der Waals surface area contributed by atoms with Crippen LogP contribution in [-0.4, -0.2) is 30.9 Å². The van der Waals surface area contributed by atoms with Gasteiger partial charge in [-0.1, -0.05) is 37.3 Å². The Labute approximate surface area is 108 Å². The molecule has 4 nitrogen and oxygen atoms in total. The molecule has 0 aliphatic rings. The number of carbonyl (C=O) groups excluding carboxylic acids is 1. The maximum atomic E-state index is 11.9. The van der Waals surface area contributed by atoms with Crippen LogP contribution in [0.2, 0.25) is 0 Å². The highest BCUT2D eigenvalue weighted by atomic mass is 16.6. The van der Waals surface area contributed by atoms with E-state index in [0.717, 1.165) is 6.42 Å². The summed E-state index contributed by atoms with van der Waals surface area (Å²) in [7, 11) is 0. The fourth-order valence-corrected chi connectivity index (χ4v) is 1.59. The monoisotopic (exact) mass is 252 g/mol. The molecule has 4 heteroatoms. The zero-order valence-corrected chi connectivity index (χ0v) is 10.9. The van der Waals surface area contributed by atoms with Gasteiger partial charge in [0.2, 0.25) is 5.60 Å². The summed E-state index contributed by atoms with van der Waals surface area (Å²) < 4.78 is 10.2. The molecule has 1 aromatic carbocycles. The van der Waals surface area contributed by atoms with Gasteiger partial charge in [-0.3, -0.25) is 0 Å². The summed E-state index contributed by atoms with van der Waals surface area (Å²) in [4.78, 5) is 11.9. The van der Waals surface area contributed by atoms with E-state index in [1.807, 2.05) is 13.0 Å². The van der Waals surface area contributed by atoms with Gasteiger partial charge in [-0.15, -0.1) is 0 Å². The summed E-state index contributed by atoms with van der Waals surface area (Å²) >= 11 is 0. The second kappa shape index (κ2) is 7.13. The number of ether oxygens (including phenoxy) is 2. The van der Waals surface area contributed by atoms with Gasteiger partial charge in [0.15, 0.2) is 0 Å². The van der Waals surface area contributed by atoms with Crippen LogP contribution in [0, 0.1) is 0 Å². The lowest BCUT2D eigenvalue weighted by atomic mass is 9.95. The SMILES string of the molecule is CCCOC[C@@](O)(C(=O)OCC)c1ccccc1. The van der Waals surface area contributed by atoms with Crippen molar-refractivity contribution in [2.24, 2.45) is 0 Å². The van der Waals surface area contributed by atoms with Crippen LogP contribution >= 0.6 is 0 Å². The van der Waals surface area contributed by atoms with Gasteiger partial charge in [-0.05, 0) is 18.9 Å². The van der Waals surface area contributed by atoms with Crippen molar-refractivity contribution < 1.29 is 19.4 Å². The molecule has 1 atom stereocenters. The third-order valence-corrected chi connectivity index (χ3v) is 2.52. The summed E-state index contributed by atoms with van der Waals surface area (Å²) in [5.41, 5.74) is -1.24. The number of esters is 1. The lowest BCUT2D eigenvalue weighted by molar-refractivity contribution is -0.173. The van der Waals surface area contributed by atoms with E-state index in [1.165, 1.54) is 0 Å². The van der Waals surface area contributed by atoms with Gasteiger partial charge in [0.05, 0.1) is 13.2 Å². The molecule has 1 aromatic rings. The number of rotatable bonds is 7. The van der Waals surface area contributed by atoms with Crippen LogP contribution in [0.15, 0.2) is 30.3 Å². The van der Waals surface area contributed by atoms with Gasteiger partial charge in [0.1, 0.15) is 0 Å². The zero-order valence-electron chi connectivity index (χ0n) is 10.9. The normalized spacial score (nSPS) is 13.9. The van der Waals surface area contributed by atoms with Gasteiger partial charge >= 0.3 is 5.97 Å². The minimum Gasteiger partial charge on any atom is -0.464 e. The first-order chi connectivity index (χ1) is 8.65. The van der Waals surface area contributed by atoms with Gasteiger partial charge in [-0.2, -0.15) is 0 Å². The molecule has 0 spiro atoms. The lowest BCUT2D eigenvalue weighted by Gasteiger charge is -2.26. The summed E-state index contributed by atoms with van der Waals surface area (Å²) in [6.07, 6.45) is 0.827. The van der Waals surface area contributed by atoms with Crippen molar-refractivity contribution >= 4 is 5.97 Å². The molecule has 1 rings (SSSR count). The van der Waals surface area contributed by atoms with Crippen molar-refractivity contribution in [1.82, 2.24) is 0 Å². The summed E-state index contributed by atoms with van der Waals surface area (Å²) in [5, 5.41) is 10.5. The highest BCUT2D eigenvalue weighted by Crippen LogP contribution is 2.23. The Balaban J connectivity index is 2.90. The number of benzene rings is 1. The Kier molecular flexibility index (Phi) is 5.82. The van der Waals surface area contributed by atoms with Crippen LogP contribution in [-0.2, 0) is 19.9 Å². The van der Waals surface area contributed by atoms with Crippen molar-refractivity contribution in [3.63, 3.8) is 0 Å². The zero-order chi connectivity index (χ0) is 13.4. The fourth-order valence-electron chi connectivity index (χ4n) is 1.59. The van der Waals surface area contributed by atoms with E-state index in [-0.39, 0.29) is 13.2 Å². The minimum absolute atomic E-state index is 0.0936. The van der Waals surface area contributed by atoms with Crippen LogP contribution in [0.4, 0.5) is 0 Å². The van der Waals surface area contributed by atoms with Crippen molar-refractivity contribution in [3.05, 3.63) is 35.9 Å². The van der Waals surface area contributed by atoms with Gasteiger partial charge in [0, 0.05) is 6.61 Å². The molecule has 0 saturated carbocycles. The summed E-state index contributed by atoms with van der Waals surface area (Å²) in [6.45, 7) is 4.29. The molecule has 0 unspecified atom stereocenters. The smallest absolute Gasteiger partial charge is 0.345 e. The van der Waals surface area contributed by atoms with E-state index in [4.69, 9.17) is 9.47 Å². The molecule has 1 N–H and O–H groups in total. The molecule has 0 saturated heterocycles. The van der Waals surface area contributed by atoms with E-state index < -0.39 is 11.6 Å². The lowest BCUT2D eigenvalue weighted by Crippen LogP contribution is -2.42. The first-order valence-electron chi connectivity index (χ1n) is 6.18. The molecule has 0 aliphatic heterocycles. The summed E-state index contributed by atoms with van der Waals surface area (Å²) in [6, 6.07) is 8.72. The molecule has 18 heavy (non-hydrogen) atoms. The molecular weight excluding hydrogens is 232 g/mol. The van der Waals surface area contributed by atoms with E-state index in [1.54, 1.807) is 31.2 Å².